The summed E-state index contributed by atoms with van der Waals surface area (Å²) in [6, 6.07) is 4.34. The molecule has 1 aliphatic rings. The summed E-state index contributed by atoms with van der Waals surface area (Å²) in [6.45, 7) is 5.72. The van der Waals surface area contributed by atoms with E-state index in [1.165, 1.54) is 18.4 Å². The van der Waals surface area contributed by atoms with Crippen molar-refractivity contribution in [3.8, 4) is 11.5 Å². The second kappa shape index (κ2) is 9.50. The van der Waals surface area contributed by atoms with E-state index in [0.29, 0.717) is 12.7 Å². The first-order valence-electron chi connectivity index (χ1n) is 8.73. The normalized spacial score (nSPS) is 16.5. The third-order valence-corrected chi connectivity index (χ3v) is 5.18. The first-order valence-corrected chi connectivity index (χ1v) is 9.53. The van der Waals surface area contributed by atoms with Crippen LogP contribution in [0.25, 0.3) is 0 Å². The fraction of sp³-hybridized carbons (Fsp3) is 0.667. The van der Waals surface area contributed by atoms with Crippen LogP contribution in [0.3, 0.4) is 0 Å². The number of halogens is 1. The lowest BCUT2D eigenvalue weighted by atomic mass is 10.1. The van der Waals surface area contributed by atoms with Crippen LogP contribution >= 0.6 is 15.9 Å². The summed E-state index contributed by atoms with van der Waals surface area (Å²) < 4.78 is 13.0. The molecule has 3 N–H and O–H groups in total. The van der Waals surface area contributed by atoms with Crippen LogP contribution in [0, 0.1) is 0 Å². The monoisotopic (exact) mass is 386 g/mol. The van der Waals surface area contributed by atoms with Crippen molar-refractivity contribution in [3.05, 3.63) is 22.2 Å². The zero-order chi connectivity index (χ0) is 16.7. The molecule has 0 aliphatic heterocycles. The van der Waals surface area contributed by atoms with Crippen LogP contribution in [-0.2, 0) is 6.54 Å². The van der Waals surface area contributed by atoms with Gasteiger partial charge in [0.2, 0.25) is 0 Å². The van der Waals surface area contributed by atoms with E-state index in [0.717, 1.165) is 41.8 Å². The summed E-state index contributed by atoms with van der Waals surface area (Å²) in [4.78, 5) is 0. The highest BCUT2D eigenvalue weighted by atomic mass is 79.9. The molecular weight excluding hydrogens is 358 g/mol. The van der Waals surface area contributed by atoms with Crippen LogP contribution in [0.1, 0.15) is 51.5 Å². The molecule has 5 heteroatoms. The molecule has 0 unspecified atom stereocenters. The minimum absolute atomic E-state index is 0.204. The number of aliphatic hydroxyl groups excluding tert-OH is 1. The highest BCUT2D eigenvalue weighted by molar-refractivity contribution is 9.10. The van der Waals surface area contributed by atoms with E-state index in [2.05, 4.69) is 34.2 Å². The minimum Gasteiger partial charge on any atom is -0.490 e. The van der Waals surface area contributed by atoms with Gasteiger partial charge in [0.25, 0.3) is 0 Å². The van der Waals surface area contributed by atoms with E-state index in [-0.39, 0.29) is 12.6 Å². The van der Waals surface area contributed by atoms with E-state index < -0.39 is 0 Å². The van der Waals surface area contributed by atoms with Crippen LogP contribution in [-0.4, -0.2) is 30.5 Å². The Morgan fingerprint density at radius 1 is 1.26 bits per heavy atom. The van der Waals surface area contributed by atoms with Crippen molar-refractivity contribution in [3.63, 3.8) is 0 Å². The molecule has 1 saturated carbocycles. The number of rotatable bonds is 9. The Hall–Kier alpha value is -0.780. The third kappa shape index (κ3) is 5.37. The van der Waals surface area contributed by atoms with Crippen LogP contribution < -0.4 is 14.8 Å². The Labute approximate surface area is 147 Å². The molecule has 1 atom stereocenters. The van der Waals surface area contributed by atoms with E-state index >= 15 is 0 Å². The van der Waals surface area contributed by atoms with Crippen molar-refractivity contribution < 1.29 is 19.9 Å². The number of benzene rings is 1. The van der Waals surface area contributed by atoms with Crippen LogP contribution in [0.15, 0.2) is 16.6 Å². The molecule has 0 aromatic heterocycles. The smallest absolute Gasteiger partial charge is 0.162 e. The van der Waals surface area contributed by atoms with Gasteiger partial charge in [-0.1, -0.05) is 22.9 Å². The van der Waals surface area contributed by atoms with Gasteiger partial charge in [-0.2, -0.15) is 0 Å². The maximum absolute atomic E-state index is 9.33. The number of hydrogen-bond acceptors (Lipinski definition) is 3. The third-order valence-electron chi connectivity index (χ3n) is 4.44. The predicted molar refractivity (Wildman–Crippen MR) is 95.0 cm³/mol. The molecule has 0 saturated heterocycles. The Bertz CT molecular complexity index is 485. The zero-order valence-corrected chi connectivity index (χ0v) is 15.8. The van der Waals surface area contributed by atoms with Gasteiger partial charge in [-0.15, -0.1) is 0 Å². The van der Waals surface area contributed by atoms with Crippen LogP contribution in [0.4, 0.5) is 0 Å². The van der Waals surface area contributed by atoms with E-state index in [1.807, 2.05) is 13.0 Å². The molecule has 23 heavy (non-hydrogen) atoms. The topological polar surface area (TPSA) is 55.3 Å². The van der Waals surface area contributed by atoms with Gasteiger partial charge in [0.05, 0.1) is 19.3 Å². The molecule has 1 aromatic rings. The fourth-order valence-electron chi connectivity index (χ4n) is 2.94. The second-order valence-corrected chi connectivity index (χ2v) is 6.99. The van der Waals surface area contributed by atoms with E-state index in [9.17, 15) is 5.11 Å². The largest absolute Gasteiger partial charge is 0.490 e. The average molecular weight is 387 g/mol. The summed E-state index contributed by atoms with van der Waals surface area (Å²) in [5.74, 6) is 1.66. The quantitative estimate of drug-likeness (QED) is 0.685. The van der Waals surface area contributed by atoms with Gasteiger partial charge in [-0.3, -0.25) is 0 Å². The highest BCUT2D eigenvalue weighted by Gasteiger charge is 2.20. The molecular formula is C18H29BrNO3+. The molecule has 0 heterocycles. The molecule has 0 radical (unpaired) electrons. The zero-order valence-electron chi connectivity index (χ0n) is 14.2. The molecule has 130 valence electrons. The summed E-state index contributed by atoms with van der Waals surface area (Å²) in [7, 11) is 0. The summed E-state index contributed by atoms with van der Waals surface area (Å²) in [5.41, 5.74) is 1.17. The Morgan fingerprint density at radius 3 is 2.61 bits per heavy atom. The molecule has 2 rings (SSSR count). The molecule has 0 spiro atoms. The Kier molecular flexibility index (Phi) is 7.66. The number of hydrogen-bond donors (Lipinski definition) is 2. The first kappa shape index (κ1) is 18.6. The lowest BCUT2D eigenvalue weighted by molar-refractivity contribution is -0.706. The maximum Gasteiger partial charge on any atom is 0.162 e. The number of quaternary nitrogens is 1. The summed E-state index contributed by atoms with van der Waals surface area (Å²) in [5, 5.41) is 11.5. The average Bonchev–Trinajstić information content (AvgIpc) is 3.05. The van der Waals surface area contributed by atoms with Crippen molar-refractivity contribution >= 4 is 15.9 Å². The second-order valence-electron chi connectivity index (χ2n) is 6.14. The van der Waals surface area contributed by atoms with Gasteiger partial charge in [0, 0.05) is 10.0 Å². The lowest BCUT2D eigenvalue weighted by Crippen LogP contribution is -2.89. The number of nitrogens with two attached hydrogens (primary N) is 1. The van der Waals surface area contributed by atoms with Crippen molar-refractivity contribution in [2.45, 2.75) is 64.6 Å². The SMILES string of the molecule is CCOc1cc(C[NH2+][C@@H](CC)CO)c(Br)cc1OC1CCCC1. The summed E-state index contributed by atoms with van der Waals surface area (Å²) in [6.07, 6.45) is 6.04. The Morgan fingerprint density at radius 2 is 2.00 bits per heavy atom. The van der Waals surface area contributed by atoms with Crippen molar-refractivity contribution in [2.75, 3.05) is 13.2 Å². The van der Waals surface area contributed by atoms with E-state index in [1.54, 1.807) is 0 Å². The fourth-order valence-corrected chi connectivity index (χ4v) is 3.43. The molecule has 0 amide bonds. The summed E-state index contributed by atoms with van der Waals surface area (Å²) >= 11 is 3.66. The van der Waals surface area contributed by atoms with Crippen LogP contribution in [0.2, 0.25) is 0 Å². The molecule has 0 bridgehead atoms. The molecule has 1 fully saturated rings. The van der Waals surface area contributed by atoms with Gasteiger partial charge in [-0.05, 0) is 51.2 Å². The van der Waals surface area contributed by atoms with E-state index in [4.69, 9.17) is 9.47 Å². The lowest BCUT2D eigenvalue weighted by Gasteiger charge is -2.19. The van der Waals surface area contributed by atoms with Gasteiger partial charge in [0.1, 0.15) is 12.6 Å². The number of ether oxygens (including phenoxy) is 2. The number of aliphatic hydroxyl groups is 1. The molecule has 1 aromatic carbocycles. The maximum atomic E-state index is 9.33. The van der Waals surface area contributed by atoms with Crippen LogP contribution in [0.5, 0.6) is 11.5 Å². The van der Waals surface area contributed by atoms with Crippen molar-refractivity contribution in [1.29, 1.82) is 0 Å². The van der Waals surface area contributed by atoms with Gasteiger partial charge in [-0.25, -0.2) is 0 Å². The van der Waals surface area contributed by atoms with Gasteiger partial charge in [0.15, 0.2) is 11.5 Å². The minimum atomic E-state index is 0.204. The Balaban J connectivity index is 2.12. The van der Waals surface area contributed by atoms with Crippen molar-refractivity contribution in [2.24, 2.45) is 0 Å². The van der Waals surface area contributed by atoms with Gasteiger partial charge >= 0.3 is 0 Å². The molecule has 1 aliphatic carbocycles. The van der Waals surface area contributed by atoms with Gasteiger partial charge < -0.3 is 19.9 Å². The first-order chi connectivity index (χ1) is 11.2. The van der Waals surface area contributed by atoms with Crippen molar-refractivity contribution in [1.82, 2.24) is 0 Å². The molecule has 4 nitrogen and oxygen atoms in total. The highest BCUT2D eigenvalue weighted by Crippen LogP contribution is 2.36. The predicted octanol–water partition coefficient (Wildman–Crippen LogP) is 3.00. The standard InChI is InChI=1S/C18H28BrNO3/c1-3-14(12-21)20-11-13-9-17(22-4-2)18(10-16(13)19)23-15-7-5-6-8-15/h9-10,14-15,20-21H,3-8,11-12H2,1-2H3/p+1/t14-/m0/s1.